The van der Waals surface area contributed by atoms with Gasteiger partial charge in [-0.15, -0.1) is 0 Å². The second kappa shape index (κ2) is 23.3. The Morgan fingerprint density at radius 2 is 1.53 bits per heavy atom. The van der Waals surface area contributed by atoms with Gasteiger partial charge in [0.05, 0.1) is 54.8 Å². The van der Waals surface area contributed by atoms with Crippen LogP contribution in [0.3, 0.4) is 0 Å². The summed E-state index contributed by atoms with van der Waals surface area (Å²) < 4.78 is 18.0. The Hall–Kier alpha value is -3.79. The highest BCUT2D eigenvalue weighted by molar-refractivity contribution is 5.90. The smallest absolute Gasteiger partial charge is 0.410 e. The third kappa shape index (κ3) is 12.9. The highest BCUT2D eigenvalue weighted by atomic mass is 16.6. The molecule has 0 spiro atoms. The van der Waals surface area contributed by atoms with Gasteiger partial charge in [0.25, 0.3) is 0 Å². The number of carbonyl (C=O) groups excluding carboxylic acids is 5. The number of β-amino-alcohol motifs (C(OH)–C–C–N with tert-alkyl or cyclic N) is 1. The van der Waals surface area contributed by atoms with Gasteiger partial charge < -0.3 is 50.0 Å². The first-order valence-corrected chi connectivity index (χ1v) is 21.5. The lowest BCUT2D eigenvalue weighted by Gasteiger charge is -2.41. The number of hydrogen-bond donors (Lipinski definition) is 4. The summed E-state index contributed by atoms with van der Waals surface area (Å²) in [6.07, 6.45) is -0.691. The van der Waals surface area contributed by atoms with E-state index in [1.165, 1.54) is 4.90 Å². The van der Waals surface area contributed by atoms with E-state index >= 15 is 0 Å². The Kier molecular flexibility index (Phi) is 19.6. The lowest BCUT2D eigenvalue weighted by atomic mass is 9.89. The number of aliphatic hydroxyl groups excluding tert-OH is 1. The fraction of sp³-hybridized carbons (Fsp3) is 0.750. The maximum Gasteiger partial charge on any atom is 0.410 e. The molecule has 15 heteroatoms. The first-order chi connectivity index (χ1) is 27.9. The number of nitrogens with one attached hydrogen (secondary N) is 3. The topological polar surface area (TPSA) is 179 Å². The minimum Gasteiger partial charge on any atom is -0.439 e. The van der Waals surface area contributed by atoms with Gasteiger partial charge in [0.2, 0.25) is 23.6 Å². The van der Waals surface area contributed by atoms with Crippen LogP contribution >= 0.6 is 0 Å². The Balaban J connectivity index is 1.77. The van der Waals surface area contributed by atoms with Crippen molar-refractivity contribution < 1.29 is 43.3 Å². The molecule has 0 aliphatic carbocycles. The SMILES string of the molecule is CC[C@H](C)[C@@H](C(CC(=O)N1CCC[C@H]1C(OC)[C@@H](C)C(=O)N[C@H](C)[C@@H](OC(=O)N1CC[C@H](O)C1)c1ccccc1)OC)N(C)C(=O)[C@@H](NC(=O)[C@@H](NC)C(C)C)C(C)C. The zero-order chi connectivity index (χ0) is 44.1. The number of rotatable bonds is 21. The lowest BCUT2D eigenvalue weighted by Crippen LogP contribution is -2.59. The fourth-order valence-electron chi connectivity index (χ4n) is 8.67. The van der Waals surface area contributed by atoms with Gasteiger partial charge in [0, 0.05) is 40.9 Å². The number of carbonyl (C=O) groups is 5. The number of hydrogen-bond acceptors (Lipinski definition) is 10. The number of benzene rings is 1. The minimum absolute atomic E-state index is 0.000274. The summed E-state index contributed by atoms with van der Waals surface area (Å²) in [6, 6.07) is 6.48. The van der Waals surface area contributed by atoms with Crippen molar-refractivity contribution >= 4 is 29.7 Å². The lowest BCUT2D eigenvalue weighted by molar-refractivity contribution is -0.148. The molecule has 0 saturated carbocycles. The van der Waals surface area contributed by atoms with Crippen molar-refractivity contribution in [2.75, 3.05) is 47.9 Å². The molecule has 2 unspecified atom stereocenters. The van der Waals surface area contributed by atoms with Gasteiger partial charge in [-0.2, -0.15) is 0 Å². The number of nitrogens with zero attached hydrogens (tertiary/aromatic N) is 3. The minimum atomic E-state index is -0.796. The molecule has 5 amide bonds. The van der Waals surface area contributed by atoms with E-state index in [1.807, 2.05) is 71.9 Å². The fourth-order valence-corrected chi connectivity index (χ4v) is 8.67. The van der Waals surface area contributed by atoms with Crippen LogP contribution in [0.15, 0.2) is 30.3 Å². The van der Waals surface area contributed by atoms with E-state index in [9.17, 15) is 29.1 Å². The molecule has 2 heterocycles. The van der Waals surface area contributed by atoms with Crippen molar-refractivity contribution in [3.8, 4) is 0 Å². The first kappa shape index (κ1) is 49.6. The molecular weight excluding hydrogens is 757 g/mol. The van der Waals surface area contributed by atoms with E-state index < -0.39 is 66.6 Å². The molecule has 3 rings (SSSR count). The van der Waals surface area contributed by atoms with Crippen LogP contribution in [0.2, 0.25) is 0 Å². The predicted octanol–water partition coefficient (Wildman–Crippen LogP) is 3.74. The van der Waals surface area contributed by atoms with Gasteiger partial charge >= 0.3 is 6.09 Å². The Labute approximate surface area is 352 Å². The average molecular weight is 831 g/mol. The van der Waals surface area contributed by atoms with Crippen LogP contribution in [0.4, 0.5) is 4.79 Å². The normalized spacial score (nSPS) is 21.5. The summed E-state index contributed by atoms with van der Waals surface area (Å²) in [4.78, 5) is 73.8. The summed E-state index contributed by atoms with van der Waals surface area (Å²) in [5, 5.41) is 19.1. The van der Waals surface area contributed by atoms with Crippen LogP contribution in [-0.4, -0.2) is 146 Å². The van der Waals surface area contributed by atoms with Crippen LogP contribution in [-0.2, 0) is 33.4 Å². The molecule has 334 valence electrons. The third-order valence-electron chi connectivity index (χ3n) is 12.4. The second-order valence-corrected chi connectivity index (χ2v) is 17.2. The summed E-state index contributed by atoms with van der Waals surface area (Å²) in [7, 11) is 6.54. The summed E-state index contributed by atoms with van der Waals surface area (Å²) in [6.45, 7) is 16.4. The van der Waals surface area contributed by atoms with Crippen molar-refractivity contribution in [3.05, 3.63) is 35.9 Å². The van der Waals surface area contributed by atoms with Crippen molar-refractivity contribution in [1.82, 2.24) is 30.7 Å². The van der Waals surface area contributed by atoms with Crippen molar-refractivity contribution in [2.45, 2.75) is 142 Å². The van der Waals surface area contributed by atoms with Crippen LogP contribution < -0.4 is 16.0 Å². The number of ether oxygens (including phenoxy) is 3. The first-order valence-electron chi connectivity index (χ1n) is 21.5. The number of likely N-dealkylation sites (tertiary alicyclic amines) is 2. The van der Waals surface area contributed by atoms with E-state index in [4.69, 9.17) is 14.2 Å². The summed E-state index contributed by atoms with van der Waals surface area (Å²) in [5.41, 5.74) is 0.714. The molecular formula is C44H74N6O9. The number of likely N-dealkylation sites (N-methyl/N-ethyl adjacent to an activating group) is 2. The molecule has 2 fully saturated rings. The molecule has 2 aliphatic heterocycles. The largest absolute Gasteiger partial charge is 0.439 e. The molecule has 2 aliphatic rings. The molecule has 2 saturated heterocycles. The zero-order valence-corrected chi connectivity index (χ0v) is 37.6. The Morgan fingerprint density at radius 1 is 0.881 bits per heavy atom. The van der Waals surface area contributed by atoms with E-state index in [2.05, 4.69) is 16.0 Å². The summed E-state index contributed by atoms with van der Waals surface area (Å²) in [5.74, 6) is -1.88. The van der Waals surface area contributed by atoms with Gasteiger partial charge in [-0.3, -0.25) is 19.2 Å². The van der Waals surface area contributed by atoms with Gasteiger partial charge in [-0.05, 0) is 56.6 Å². The molecule has 0 aromatic heterocycles. The average Bonchev–Trinajstić information content (AvgIpc) is 3.88. The van der Waals surface area contributed by atoms with E-state index in [-0.39, 0.29) is 54.3 Å². The van der Waals surface area contributed by atoms with E-state index in [0.29, 0.717) is 31.5 Å². The highest BCUT2D eigenvalue weighted by Crippen LogP contribution is 2.31. The Bertz CT molecular complexity index is 1510. The van der Waals surface area contributed by atoms with Crippen molar-refractivity contribution in [1.29, 1.82) is 0 Å². The van der Waals surface area contributed by atoms with Crippen LogP contribution in [0.1, 0.15) is 99.2 Å². The standard InChI is InChI=1S/C44H74N6O9/c1-13-28(6)38(48(10)43(55)37(27(4)5)47-42(54)36(45-9)26(2)3)34(57-11)24-35(52)50-22-17-20-33(50)39(58-12)29(7)41(53)46-30(8)40(31-18-15-14-16-19-31)59-44(56)49-23-21-32(51)25-49/h14-16,18-19,26-30,32-34,36-40,45,51H,13,17,20-25H2,1-12H3,(H,46,53)(H,47,54)/t28-,29+,30+,32-,33-,34?,36-,37-,38-,39?,40+/m0/s1. The van der Waals surface area contributed by atoms with Crippen LogP contribution in [0, 0.1) is 23.7 Å². The number of aliphatic hydroxyl groups is 1. The molecule has 1 aromatic carbocycles. The molecule has 0 radical (unpaired) electrons. The monoisotopic (exact) mass is 831 g/mol. The number of amides is 5. The van der Waals surface area contributed by atoms with Gasteiger partial charge in [-0.25, -0.2) is 4.79 Å². The van der Waals surface area contributed by atoms with Gasteiger partial charge in [0.15, 0.2) is 0 Å². The van der Waals surface area contributed by atoms with E-state index in [1.54, 1.807) is 52.0 Å². The van der Waals surface area contributed by atoms with Crippen molar-refractivity contribution in [2.24, 2.45) is 23.7 Å². The van der Waals surface area contributed by atoms with Gasteiger partial charge in [-0.1, -0.05) is 85.2 Å². The second-order valence-electron chi connectivity index (χ2n) is 17.2. The highest BCUT2D eigenvalue weighted by Gasteiger charge is 2.43. The van der Waals surface area contributed by atoms with Crippen molar-refractivity contribution in [3.63, 3.8) is 0 Å². The van der Waals surface area contributed by atoms with Crippen LogP contribution in [0.25, 0.3) is 0 Å². The molecule has 11 atom stereocenters. The predicted molar refractivity (Wildman–Crippen MR) is 226 cm³/mol. The van der Waals surface area contributed by atoms with E-state index in [0.717, 1.165) is 12.8 Å². The molecule has 59 heavy (non-hydrogen) atoms. The maximum absolute atomic E-state index is 14.3. The molecule has 4 N–H and O–H groups in total. The molecule has 15 nitrogen and oxygen atoms in total. The Morgan fingerprint density at radius 3 is 2.05 bits per heavy atom. The quantitative estimate of drug-likeness (QED) is 0.143. The molecule has 0 bridgehead atoms. The third-order valence-corrected chi connectivity index (χ3v) is 12.4. The maximum atomic E-state index is 14.3. The van der Waals surface area contributed by atoms with Gasteiger partial charge in [0.1, 0.15) is 12.1 Å². The summed E-state index contributed by atoms with van der Waals surface area (Å²) >= 11 is 0. The molecule has 1 aromatic rings. The zero-order valence-electron chi connectivity index (χ0n) is 37.6. The number of methoxy groups -OCH3 is 2. The van der Waals surface area contributed by atoms with Crippen LogP contribution in [0.5, 0.6) is 0 Å².